The molecule has 1 saturated carbocycles. The van der Waals surface area contributed by atoms with Gasteiger partial charge in [0.1, 0.15) is 0 Å². The van der Waals surface area contributed by atoms with Crippen LogP contribution in [0.1, 0.15) is 46.0 Å². The molecule has 2 aliphatic rings. The lowest BCUT2D eigenvalue weighted by atomic mass is 9.94. The molecule has 1 aliphatic heterocycles. The Kier molecular flexibility index (Phi) is 3.87. The van der Waals surface area contributed by atoms with Gasteiger partial charge in [-0.3, -0.25) is 4.90 Å². The summed E-state index contributed by atoms with van der Waals surface area (Å²) in [5.41, 5.74) is 6.43. The molecule has 3 heteroatoms. The first-order valence-corrected chi connectivity index (χ1v) is 7.66. The highest BCUT2D eigenvalue weighted by atomic mass is 32.2. The zero-order valence-corrected chi connectivity index (χ0v) is 11.6. The fourth-order valence-electron chi connectivity index (χ4n) is 3.18. The third-order valence-electron chi connectivity index (χ3n) is 4.42. The molecule has 0 unspecified atom stereocenters. The van der Waals surface area contributed by atoms with Gasteiger partial charge in [0.25, 0.3) is 0 Å². The SMILES string of the molecule is CC1(C)CCN(C2(CN)CCCC2)CCS1. The van der Waals surface area contributed by atoms with E-state index >= 15 is 0 Å². The van der Waals surface area contributed by atoms with Crippen molar-refractivity contribution in [3.8, 4) is 0 Å². The Balaban J connectivity index is 2.03. The minimum Gasteiger partial charge on any atom is -0.329 e. The Morgan fingerprint density at radius 1 is 1.12 bits per heavy atom. The molecule has 1 saturated heterocycles. The summed E-state index contributed by atoms with van der Waals surface area (Å²) in [4.78, 5) is 2.71. The van der Waals surface area contributed by atoms with Crippen molar-refractivity contribution in [1.29, 1.82) is 0 Å². The number of hydrogen-bond donors (Lipinski definition) is 1. The van der Waals surface area contributed by atoms with Gasteiger partial charge in [-0.05, 0) is 19.3 Å². The largest absolute Gasteiger partial charge is 0.329 e. The second-order valence-corrected chi connectivity index (χ2v) is 7.78. The predicted octanol–water partition coefficient (Wildman–Crippen LogP) is 2.48. The number of hydrogen-bond acceptors (Lipinski definition) is 3. The van der Waals surface area contributed by atoms with Gasteiger partial charge < -0.3 is 5.73 Å². The molecule has 2 nitrogen and oxygen atoms in total. The molecule has 2 rings (SSSR count). The van der Waals surface area contributed by atoms with E-state index in [-0.39, 0.29) is 0 Å². The van der Waals surface area contributed by atoms with Crippen molar-refractivity contribution in [3.05, 3.63) is 0 Å². The summed E-state index contributed by atoms with van der Waals surface area (Å²) < 4.78 is 0.461. The molecule has 16 heavy (non-hydrogen) atoms. The van der Waals surface area contributed by atoms with Crippen LogP contribution in [0.25, 0.3) is 0 Å². The molecule has 0 spiro atoms. The molecule has 0 atom stereocenters. The quantitative estimate of drug-likeness (QED) is 0.806. The van der Waals surface area contributed by atoms with E-state index in [0.29, 0.717) is 10.3 Å². The van der Waals surface area contributed by atoms with Gasteiger partial charge in [-0.25, -0.2) is 0 Å². The second-order valence-electron chi connectivity index (χ2n) is 5.98. The highest BCUT2D eigenvalue weighted by Crippen LogP contribution is 2.38. The Morgan fingerprint density at radius 2 is 1.81 bits per heavy atom. The lowest BCUT2D eigenvalue weighted by Crippen LogP contribution is -2.52. The van der Waals surface area contributed by atoms with Gasteiger partial charge in [-0.1, -0.05) is 26.7 Å². The molecule has 94 valence electrons. The molecule has 0 bridgehead atoms. The maximum absolute atomic E-state index is 6.07. The summed E-state index contributed by atoms with van der Waals surface area (Å²) in [6.07, 6.45) is 6.72. The van der Waals surface area contributed by atoms with Crippen molar-refractivity contribution < 1.29 is 0 Å². The summed E-state index contributed by atoms with van der Waals surface area (Å²) in [6.45, 7) is 8.11. The predicted molar refractivity (Wildman–Crippen MR) is 73.0 cm³/mol. The van der Waals surface area contributed by atoms with Gasteiger partial charge in [0.15, 0.2) is 0 Å². The van der Waals surface area contributed by atoms with Crippen LogP contribution in [0.3, 0.4) is 0 Å². The van der Waals surface area contributed by atoms with E-state index in [1.54, 1.807) is 0 Å². The summed E-state index contributed by atoms with van der Waals surface area (Å²) >= 11 is 2.13. The highest BCUT2D eigenvalue weighted by molar-refractivity contribution is 8.00. The molecule has 0 aromatic heterocycles. The Bertz CT molecular complexity index is 234. The monoisotopic (exact) mass is 242 g/mol. The van der Waals surface area contributed by atoms with Crippen molar-refractivity contribution in [2.24, 2.45) is 5.73 Å². The first-order valence-electron chi connectivity index (χ1n) is 6.67. The maximum atomic E-state index is 6.07. The molecular formula is C13H26N2S. The number of thioether (sulfide) groups is 1. The van der Waals surface area contributed by atoms with Crippen molar-refractivity contribution in [3.63, 3.8) is 0 Å². The van der Waals surface area contributed by atoms with E-state index in [1.807, 2.05) is 0 Å². The van der Waals surface area contributed by atoms with E-state index in [0.717, 1.165) is 6.54 Å². The van der Waals surface area contributed by atoms with Crippen LogP contribution < -0.4 is 5.73 Å². The minimum atomic E-state index is 0.362. The summed E-state index contributed by atoms with van der Waals surface area (Å²) in [5.74, 6) is 1.27. The number of nitrogens with zero attached hydrogens (tertiary/aromatic N) is 1. The summed E-state index contributed by atoms with van der Waals surface area (Å²) in [5, 5.41) is 0. The molecule has 1 aliphatic carbocycles. The van der Waals surface area contributed by atoms with Crippen molar-refractivity contribution >= 4 is 11.8 Å². The van der Waals surface area contributed by atoms with Gasteiger partial charge in [0, 0.05) is 35.7 Å². The highest BCUT2D eigenvalue weighted by Gasteiger charge is 2.39. The van der Waals surface area contributed by atoms with Gasteiger partial charge in [-0.15, -0.1) is 0 Å². The second kappa shape index (κ2) is 4.87. The zero-order chi connectivity index (χ0) is 11.6. The van der Waals surface area contributed by atoms with Crippen LogP contribution >= 0.6 is 11.8 Å². The molecule has 0 amide bonds. The molecule has 0 radical (unpaired) electrons. The van der Waals surface area contributed by atoms with Crippen molar-refractivity contribution in [2.75, 3.05) is 25.4 Å². The minimum absolute atomic E-state index is 0.362. The van der Waals surface area contributed by atoms with Crippen LogP contribution in [-0.4, -0.2) is 40.6 Å². The Labute approximate surface area is 104 Å². The number of nitrogens with two attached hydrogens (primary N) is 1. The Hall–Kier alpha value is 0.270. The van der Waals surface area contributed by atoms with Gasteiger partial charge >= 0.3 is 0 Å². The average Bonchev–Trinajstić information content (AvgIpc) is 2.65. The first-order chi connectivity index (χ1) is 7.58. The molecule has 0 aromatic carbocycles. The van der Waals surface area contributed by atoms with E-state index in [9.17, 15) is 0 Å². The lowest BCUT2D eigenvalue weighted by Gasteiger charge is -2.40. The summed E-state index contributed by atoms with van der Waals surface area (Å²) in [6, 6.07) is 0. The smallest absolute Gasteiger partial charge is 0.0332 e. The average molecular weight is 242 g/mol. The first kappa shape index (κ1) is 12.7. The molecule has 0 aromatic rings. The van der Waals surface area contributed by atoms with Crippen LogP contribution in [-0.2, 0) is 0 Å². The van der Waals surface area contributed by atoms with Crippen LogP contribution in [0.5, 0.6) is 0 Å². The van der Waals surface area contributed by atoms with E-state index in [4.69, 9.17) is 5.73 Å². The molecular weight excluding hydrogens is 216 g/mol. The number of rotatable bonds is 2. The molecule has 2 fully saturated rings. The summed E-state index contributed by atoms with van der Waals surface area (Å²) in [7, 11) is 0. The van der Waals surface area contributed by atoms with Crippen LogP contribution in [0.2, 0.25) is 0 Å². The Morgan fingerprint density at radius 3 is 2.44 bits per heavy atom. The van der Waals surface area contributed by atoms with E-state index in [2.05, 4.69) is 30.5 Å². The van der Waals surface area contributed by atoms with Crippen molar-refractivity contribution in [2.45, 2.75) is 56.2 Å². The molecule has 2 N–H and O–H groups in total. The van der Waals surface area contributed by atoms with Crippen LogP contribution in [0.4, 0.5) is 0 Å². The third-order valence-corrected chi connectivity index (χ3v) is 5.80. The molecule has 1 heterocycles. The fraction of sp³-hybridized carbons (Fsp3) is 1.00. The van der Waals surface area contributed by atoms with Crippen molar-refractivity contribution in [1.82, 2.24) is 4.90 Å². The van der Waals surface area contributed by atoms with Gasteiger partial charge in [0.05, 0.1) is 0 Å². The van der Waals surface area contributed by atoms with E-state index in [1.165, 1.54) is 50.9 Å². The maximum Gasteiger partial charge on any atom is 0.0332 e. The van der Waals surface area contributed by atoms with Crippen LogP contribution in [0, 0.1) is 0 Å². The normalized spacial score (nSPS) is 30.2. The lowest BCUT2D eigenvalue weighted by molar-refractivity contribution is 0.105. The van der Waals surface area contributed by atoms with Crippen LogP contribution in [0.15, 0.2) is 0 Å². The van der Waals surface area contributed by atoms with Gasteiger partial charge in [0.2, 0.25) is 0 Å². The van der Waals surface area contributed by atoms with Gasteiger partial charge in [-0.2, -0.15) is 11.8 Å². The van der Waals surface area contributed by atoms with E-state index < -0.39 is 0 Å². The topological polar surface area (TPSA) is 29.3 Å². The fourth-order valence-corrected chi connectivity index (χ4v) is 4.28. The standard InChI is InChI=1S/C13H26N2S/c1-12(2)7-8-15(9-10-16-12)13(11-14)5-3-4-6-13/h3-11,14H2,1-2H3. The zero-order valence-electron chi connectivity index (χ0n) is 10.8. The third kappa shape index (κ3) is 2.57.